The first kappa shape index (κ1) is 17.9. The number of benzene rings is 1. The van der Waals surface area contributed by atoms with Gasteiger partial charge < -0.3 is 15.2 Å². The maximum atomic E-state index is 12.2. The summed E-state index contributed by atoms with van der Waals surface area (Å²) in [6.07, 6.45) is 0.751. The summed E-state index contributed by atoms with van der Waals surface area (Å²) >= 11 is 0. The Hall–Kier alpha value is -2.18. The molecule has 0 spiro atoms. The number of rotatable bonds is 8. The average molecular weight is 315 g/mol. The van der Waals surface area contributed by atoms with Crippen LogP contribution in [-0.4, -0.2) is 29.1 Å². The topological polar surface area (TPSA) is 75.6 Å². The van der Waals surface area contributed by atoms with Gasteiger partial charge in [0, 0.05) is 5.56 Å². The Morgan fingerprint density at radius 2 is 1.77 bits per heavy atom. The lowest BCUT2D eigenvalue weighted by Crippen LogP contribution is -2.49. The molecule has 0 aliphatic heterocycles. The molecule has 0 fully saturated rings. The Balaban J connectivity index is 2.83. The first-order chi connectivity index (χ1) is 10.3. The smallest absolute Gasteiger partial charge is 0.387 e. The molecule has 5 nitrogen and oxygen atoms in total. The van der Waals surface area contributed by atoms with Crippen molar-refractivity contribution in [3.8, 4) is 5.75 Å². The van der Waals surface area contributed by atoms with Crippen LogP contribution in [0, 0.1) is 0 Å². The maximum absolute atomic E-state index is 12.2. The molecule has 122 valence electrons. The molecular formula is C15H19F2NO4. The lowest BCUT2D eigenvalue weighted by molar-refractivity contribution is -0.138. The van der Waals surface area contributed by atoms with Crippen molar-refractivity contribution in [2.45, 2.75) is 45.3 Å². The number of carbonyl (C=O) groups is 2. The molecule has 2 N–H and O–H groups in total. The van der Waals surface area contributed by atoms with Gasteiger partial charge in [0.1, 0.15) is 5.75 Å². The van der Waals surface area contributed by atoms with Crippen LogP contribution < -0.4 is 10.1 Å². The van der Waals surface area contributed by atoms with Gasteiger partial charge in [-0.05, 0) is 37.1 Å². The molecule has 0 aliphatic carbocycles. The van der Waals surface area contributed by atoms with E-state index in [1.807, 2.05) is 0 Å². The van der Waals surface area contributed by atoms with Crippen molar-refractivity contribution in [3.63, 3.8) is 0 Å². The zero-order chi connectivity index (χ0) is 16.8. The van der Waals surface area contributed by atoms with Crippen molar-refractivity contribution in [1.29, 1.82) is 0 Å². The normalized spacial score (nSPS) is 11.3. The molecule has 22 heavy (non-hydrogen) atoms. The van der Waals surface area contributed by atoms with Gasteiger partial charge in [-0.1, -0.05) is 13.8 Å². The van der Waals surface area contributed by atoms with E-state index in [2.05, 4.69) is 10.1 Å². The molecule has 0 saturated carbocycles. The number of hydrogen-bond donors (Lipinski definition) is 2. The van der Waals surface area contributed by atoms with Gasteiger partial charge in [-0.15, -0.1) is 0 Å². The standard InChI is InChI=1S/C15H19F2NO4/c1-3-15(4-2,9-12(19)20)18-13(21)10-5-7-11(8-6-10)22-14(16)17/h5-8,14H,3-4,9H2,1-2H3,(H,18,21)(H,19,20). The van der Waals surface area contributed by atoms with Crippen LogP contribution in [0.15, 0.2) is 24.3 Å². The van der Waals surface area contributed by atoms with Crippen LogP contribution in [0.25, 0.3) is 0 Å². The summed E-state index contributed by atoms with van der Waals surface area (Å²) < 4.78 is 28.3. The molecular weight excluding hydrogens is 296 g/mol. The second kappa shape index (κ2) is 7.72. The van der Waals surface area contributed by atoms with Crippen molar-refractivity contribution in [3.05, 3.63) is 29.8 Å². The molecule has 0 unspecified atom stereocenters. The summed E-state index contributed by atoms with van der Waals surface area (Å²) in [7, 11) is 0. The quantitative estimate of drug-likeness (QED) is 0.773. The highest BCUT2D eigenvalue weighted by Crippen LogP contribution is 2.21. The number of aliphatic carboxylic acids is 1. The van der Waals surface area contributed by atoms with Crippen LogP contribution in [0.1, 0.15) is 43.5 Å². The molecule has 1 aromatic carbocycles. The van der Waals surface area contributed by atoms with Crippen LogP contribution in [0.4, 0.5) is 8.78 Å². The number of halogens is 2. The van der Waals surface area contributed by atoms with Gasteiger partial charge in [0.2, 0.25) is 0 Å². The van der Waals surface area contributed by atoms with Crippen LogP contribution in [0.3, 0.4) is 0 Å². The van der Waals surface area contributed by atoms with E-state index in [0.29, 0.717) is 12.8 Å². The number of carboxylic acid groups (broad SMARTS) is 1. The van der Waals surface area contributed by atoms with E-state index in [9.17, 15) is 18.4 Å². The number of amides is 1. The number of carbonyl (C=O) groups excluding carboxylic acids is 1. The second-order valence-corrected chi connectivity index (χ2v) is 4.91. The predicted molar refractivity (Wildman–Crippen MR) is 76.1 cm³/mol. The first-order valence-corrected chi connectivity index (χ1v) is 6.91. The third kappa shape index (κ3) is 4.98. The van der Waals surface area contributed by atoms with Crippen molar-refractivity contribution < 1.29 is 28.2 Å². The van der Waals surface area contributed by atoms with Gasteiger partial charge in [-0.3, -0.25) is 9.59 Å². The van der Waals surface area contributed by atoms with E-state index in [-0.39, 0.29) is 17.7 Å². The number of hydrogen-bond acceptors (Lipinski definition) is 3. The van der Waals surface area contributed by atoms with E-state index in [0.717, 1.165) is 0 Å². The molecule has 1 amide bonds. The van der Waals surface area contributed by atoms with Crippen molar-refractivity contribution in [2.75, 3.05) is 0 Å². The third-order valence-electron chi connectivity index (χ3n) is 3.56. The molecule has 0 atom stereocenters. The van der Waals surface area contributed by atoms with Gasteiger partial charge in [-0.2, -0.15) is 8.78 Å². The molecule has 0 radical (unpaired) electrons. The Morgan fingerprint density at radius 1 is 1.23 bits per heavy atom. The monoisotopic (exact) mass is 315 g/mol. The second-order valence-electron chi connectivity index (χ2n) is 4.91. The predicted octanol–water partition coefficient (Wildman–Crippen LogP) is 3.05. The van der Waals surface area contributed by atoms with E-state index in [1.165, 1.54) is 24.3 Å². The molecule has 7 heteroatoms. The van der Waals surface area contributed by atoms with Crippen LogP contribution in [0.2, 0.25) is 0 Å². The summed E-state index contributed by atoms with van der Waals surface area (Å²) in [4.78, 5) is 23.2. The lowest BCUT2D eigenvalue weighted by Gasteiger charge is -2.31. The molecule has 0 aromatic heterocycles. The molecule has 0 bridgehead atoms. The Labute approximate surface area is 127 Å². The van der Waals surface area contributed by atoms with Gasteiger partial charge in [0.15, 0.2) is 0 Å². The Kier molecular flexibility index (Phi) is 6.27. The first-order valence-electron chi connectivity index (χ1n) is 6.91. The Morgan fingerprint density at radius 3 is 2.18 bits per heavy atom. The summed E-state index contributed by atoms with van der Waals surface area (Å²) in [5.41, 5.74) is -0.584. The van der Waals surface area contributed by atoms with Crippen molar-refractivity contribution in [2.24, 2.45) is 0 Å². The minimum Gasteiger partial charge on any atom is -0.481 e. The summed E-state index contributed by atoms with van der Waals surface area (Å²) in [5, 5.41) is 11.7. The van der Waals surface area contributed by atoms with Crippen LogP contribution in [-0.2, 0) is 4.79 Å². The Bertz CT molecular complexity index is 513. The number of alkyl halides is 2. The molecule has 1 aromatic rings. The SMILES string of the molecule is CCC(CC)(CC(=O)O)NC(=O)c1ccc(OC(F)F)cc1. The fourth-order valence-corrected chi connectivity index (χ4v) is 2.11. The average Bonchev–Trinajstić information content (AvgIpc) is 2.46. The van der Waals surface area contributed by atoms with Crippen LogP contribution in [0.5, 0.6) is 5.75 Å². The molecule has 0 saturated heterocycles. The van der Waals surface area contributed by atoms with Crippen LogP contribution >= 0.6 is 0 Å². The van der Waals surface area contributed by atoms with Gasteiger partial charge in [0.05, 0.1) is 12.0 Å². The molecule has 0 heterocycles. The van der Waals surface area contributed by atoms with E-state index >= 15 is 0 Å². The molecule has 0 aliphatic rings. The number of ether oxygens (including phenoxy) is 1. The highest BCUT2D eigenvalue weighted by atomic mass is 19.3. The fraction of sp³-hybridized carbons (Fsp3) is 0.467. The summed E-state index contributed by atoms with van der Waals surface area (Å²) in [6.45, 7) is 0.668. The third-order valence-corrected chi connectivity index (χ3v) is 3.56. The number of nitrogens with one attached hydrogen (secondary N) is 1. The minimum atomic E-state index is -2.93. The largest absolute Gasteiger partial charge is 0.481 e. The summed E-state index contributed by atoms with van der Waals surface area (Å²) in [6, 6.07) is 5.23. The van der Waals surface area contributed by atoms with Gasteiger partial charge in [0.25, 0.3) is 5.91 Å². The fourth-order valence-electron chi connectivity index (χ4n) is 2.11. The van der Waals surface area contributed by atoms with E-state index in [1.54, 1.807) is 13.8 Å². The number of carboxylic acids is 1. The van der Waals surface area contributed by atoms with Crippen molar-refractivity contribution in [1.82, 2.24) is 5.32 Å². The van der Waals surface area contributed by atoms with E-state index < -0.39 is 24.0 Å². The molecule has 1 rings (SSSR count). The van der Waals surface area contributed by atoms with Crippen molar-refractivity contribution >= 4 is 11.9 Å². The van der Waals surface area contributed by atoms with Gasteiger partial charge >= 0.3 is 12.6 Å². The van der Waals surface area contributed by atoms with Gasteiger partial charge in [-0.25, -0.2) is 0 Å². The maximum Gasteiger partial charge on any atom is 0.387 e. The zero-order valence-corrected chi connectivity index (χ0v) is 12.4. The highest BCUT2D eigenvalue weighted by Gasteiger charge is 2.31. The zero-order valence-electron chi connectivity index (χ0n) is 12.4. The minimum absolute atomic E-state index is 0.0469. The highest BCUT2D eigenvalue weighted by molar-refractivity contribution is 5.95. The van der Waals surface area contributed by atoms with E-state index in [4.69, 9.17) is 5.11 Å². The summed E-state index contributed by atoms with van der Waals surface area (Å²) in [5.74, 6) is -1.49. The lowest BCUT2D eigenvalue weighted by atomic mass is 9.88.